The molecule has 2 N–H and O–H groups in total. The fourth-order valence-electron chi connectivity index (χ4n) is 2.21. The average molecular weight is 264 g/mol. The Morgan fingerprint density at radius 2 is 2.11 bits per heavy atom. The second kappa shape index (κ2) is 6.92. The van der Waals surface area contributed by atoms with Crippen LogP contribution in [0.2, 0.25) is 0 Å². The van der Waals surface area contributed by atoms with Crippen LogP contribution in [0.5, 0.6) is 0 Å². The zero-order valence-corrected chi connectivity index (χ0v) is 11.2. The lowest BCUT2D eigenvalue weighted by molar-refractivity contribution is -0.140. The van der Waals surface area contributed by atoms with E-state index in [1.807, 2.05) is 6.07 Å². The highest BCUT2D eigenvalue weighted by Crippen LogP contribution is 2.21. The Bertz CT molecular complexity index is 419. The maximum absolute atomic E-state index is 11.0. The maximum Gasteiger partial charge on any atom is 0.307 e. The van der Waals surface area contributed by atoms with Crippen LogP contribution in [0.25, 0.3) is 0 Å². The number of anilines is 2. The molecule has 1 aromatic rings. The first-order valence-corrected chi connectivity index (χ1v) is 6.67. The Hall–Kier alpha value is -1.85. The largest absolute Gasteiger partial charge is 0.469 e. The number of esters is 1. The summed E-state index contributed by atoms with van der Waals surface area (Å²) in [7, 11) is 1.39. The minimum Gasteiger partial charge on any atom is -0.469 e. The Labute approximate surface area is 113 Å². The third-order valence-corrected chi connectivity index (χ3v) is 3.24. The van der Waals surface area contributed by atoms with Gasteiger partial charge >= 0.3 is 5.97 Å². The molecule has 1 aliphatic carbocycles. The van der Waals surface area contributed by atoms with Crippen molar-refractivity contribution in [2.45, 2.75) is 38.1 Å². The van der Waals surface area contributed by atoms with Crippen LogP contribution in [0.1, 0.15) is 32.1 Å². The first kappa shape index (κ1) is 13.6. The number of carbonyl (C=O) groups excluding carboxylic acids is 1. The number of rotatable bonds is 6. The van der Waals surface area contributed by atoms with E-state index >= 15 is 0 Å². The summed E-state index contributed by atoms with van der Waals surface area (Å²) in [5.74, 6) is 1.33. The van der Waals surface area contributed by atoms with Gasteiger partial charge in [0, 0.05) is 18.7 Å². The lowest BCUT2D eigenvalue weighted by Gasteiger charge is -2.13. The van der Waals surface area contributed by atoms with Crippen molar-refractivity contribution in [3.8, 4) is 0 Å². The lowest BCUT2D eigenvalue weighted by atomic mass is 10.2. The van der Waals surface area contributed by atoms with Crippen molar-refractivity contribution in [2.75, 3.05) is 24.3 Å². The Morgan fingerprint density at radius 3 is 2.84 bits per heavy atom. The van der Waals surface area contributed by atoms with E-state index in [0.29, 0.717) is 19.0 Å². The molecule has 104 valence electrons. The summed E-state index contributed by atoms with van der Waals surface area (Å²) in [5, 5.41) is 6.49. The van der Waals surface area contributed by atoms with Gasteiger partial charge in [-0.2, -0.15) is 0 Å². The highest BCUT2D eigenvalue weighted by Gasteiger charge is 2.15. The zero-order valence-electron chi connectivity index (χ0n) is 11.2. The van der Waals surface area contributed by atoms with Crippen LogP contribution in [0, 0.1) is 0 Å². The van der Waals surface area contributed by atoms with Crippen LogP contribution < -0.4 is 10.6 Å². The van der Waals surface area contributed by atoms with E-state index < -0.39 is 0 Å². The quantitative estimate of drug-likeness (QED) is 0.763. The van der Waals surface area contributed by atoms with Crippen LogP contribution in [0.15, 0.2) is 12.4 Å². The molecule has 0 bridgehead atoms. The monoisotopic (exact) mass is 264 g/mol. The summed E-state index contributed by atoms with van der Waals surface area (Å²) in [6.07, 6.45) is 6.83. The Morgan fingerprint density at radius 1 is 1.37 bits per heavy atom. The molecule has 0 aliphatic heterocycles. The van der Waals surface area contributed by atoms with Crippen molar-refractivity contribution < 1.29 is 9.53 Å². The van der Waals surface area contributed by atoms with Crippen LogP contribution in [-0.4, -0.2) is 35.6 Å². The molecule has 0 amide bonds. The first-order valence-electron chi connectivity index (χ1n) is 6.67. The highest BCUT2D eigenvalue weighted by molar-refractivity contribution is 5.69. The summed E-state index contributed by atoms with van der Waals surface area (Å²) in [4.78, 5) is 19.3. The number of aromatic nitrogens is 2. The van der Waals surface area contributed by atoms with Crippen LogP contribution in [0.3, 0.4) is 0 Å². The van der Waals surface area contributed by atoms with E-state index in [2.05, 4.69) is 25.3 Å². The minimum absolute atomic E-state index is 0.231. The van der Waals surface area contributed by atoms with Crippen LogP contribution in [0.4, 0.5) is 11.6 Å². The van der Waals surface area contributed by atoms with Gasteiger partial charge in [0.25, 0.3) is 0 Å². The zero-order chi connectivity index (χ0) is 13.5. The minimum atomic E-state index is -0.231. The second-order valence-electron chi connectivity index (χ2n) is 4.67. The predicted molar refractivity (Wildman–Crippen MR) is 73.0 cm³/mol. The summed E-state index contributed by atoms with van der Waals surface area (Å²) >= 11 is 0. The molecule has 1 saturated carbocycles. The van der Waals surface area contributed by atoms with Gasteiger partial charge in [0.2, 0.25) is 0 Å². The molecule has 0 spiro atoms. The van der Waals surface area contributed by atoms with Gasteiger partial charge in [0.05, 0.1) is 13.5 Å². The number of carbonyl (C=O) groups is 1. The molecule has 1 heterocycles. The lowest BCUT2D eigenvalue weighted by Crippen LogP contribution is -2.16. The van der Waals surface area contributed by atoms with Gasteiger partial charge in [-0.05, 0) is 12.8 Å². The molecule has 6 heteroatoms. The molecule has 6 nitrogen and oxygen atoms in total. The molecule has 1 fully saturated rings. The van der Waals surface area contributed by atoms with Crippen molar-refractivity contribution in [2.24, 2.45) is 0 Å². The molecule has 0 saturated heterocycles. The van der Waals surface area contributed by atoms with Crippen molar-refractivity contribution in [3.05, 3.63) is 12.4 Å². The molecule has 1 aromatic heterocycles. The van der Waals surface area contributed by atoms with Crippen molar-refractivity contribution >= 4 is 17.6 Å². The third-order valence-electron chi connectivity index (χ3n) is 3.24. The van der Waals surface area contributed by atoms with Gasteiger partial charge in [-0.25, -0.2) is 9.97 Å². The molecule has 1 aliphatic rings. The number of nitrogens with zero attached hydrogens (tertiary/aromatic N) is 2. The van der Waals surface area contributed by atoms with E-state index in [-0.39, 0.29) is 5.97 Å². The Kier molecular flexibility index (Phi) is 4.94. The van der Waals surface area contributed by atoms with E-state index in [0.717, 1.165) is 11.6 Å². The normalized spacial score (nSPS) is 15.2. The molecule has 2 rings (SSSR count). The number of ether oxygens (including phenoxy) is 1. The summed E-state index contributed by atoms with van der Waals surface area (Å²) in [6.45, 7) is 0.507. The van der Waals surface area contributed by atoms with Gasteiger partial charge in [0.15, 0.2) is 0 Å². The van der Waals surface area contributed by atoms with E-state index in [9.17, 15) is 4.79 Å². The standard InChI is InChI=1S/C13H20N4O2/c1-19-13(18)6-7-14-11-8-12(16-9-15-11)17-10-4-2-3-5-10/h8-10H,2-7H2,1H3,(H2,14,15,16,17). The van der Waals surface area contributed by atoms with Crippen molar-refractivity contribution in [1.29, 1.82) is 0 Å². The second-order valence-corrected chi connectivity index (χ2v) is 4.67. The highest BCUT2D eigenvalue weighted by atomic mass is 16.5. The van der Waals surface area contributed by atoms with Gasteiger partial charge < -0.3 is 15.4 Å². The van der Waals surface area contributed by atoms with Crippen LogP contribution >= 0.6 is 0 Å². The average Bonchev–Trinajstić information content (AvgIpc) is 2.92. The smallest absolute Gasteiger partial charge is 0.307 e. The van der Waals surface area contributed by atoms with Gasteiger partial charge in [-0.1, -0.05) is 12.8 Å². The summed E-state index contributed by atoms with van der Waals surface area (Å²) in [5.41, 5.74) is 0. The van der Waals surface area contributed by atoms with Gasteiger partial charge in [0.1, 0.15) is 18.0 Å². The topological polar surface area (TPSA) is 76.1 Å². The SMILES string of the molecule is COC(=O)CCNc1cc(NC2CCCC2)ncn1. The molecular formula is C13H20N4O2. The maximum atomic E-state index is 11.0. The fraction of sp³-hybridized carbons (Fsp3) is 0.615. The van der Waals surface area contributed by atoms with Gasteiger partial charge in [-0.15, -0.1) is 0 Å². The molecule has 0 aromatic carbocycles. The first-order chi connectivity index (χ1) is 9.28. The number of hydrogen-bond acceptors (Lipinski definition) is 6. The summed E-state index contributed by atoms with van der Waals surface area (Å²) < 4.78 is 4.58. The van der Waals surface area contributed by atoms with Crippen molar-refractivity contribution in [1.82, 2.24) is 9.97 Å². The van der Waals surface area contributed by atoms with Crippen molar-refractivity contribution in [3.63, 3.8) is 0 Å². The van der Waals surface area contributed by atoms with E-state index in [1.54, 1.807) is 0 Å². The molecule has 0 radical (unpaired) electrons. The van der Waals surface area contributed by atoms with Crippen LogP contribution in [-0.2, 0) is 9.53 Å². The number of hydrogen-bond donors (Lipinski definition) is 2. The summed E-state index contributed by atoms with van der Waals surface area (Å²) in [6, 6.07) is 2.40. The third kappa shape index (κ3) is 4.39. The molecular weight excluding hydrogens is 244 g/mol. The molecule has 0 unspecified atom stereocenters. The number of nitrogens with one attached hydrogen (secondary N) is 2. The molecule has 0 atom stereocenters. The Balaban J connectivity index is 1.82. The fourth-order valence-corrected chi connectivity index (χ4v) is 2.21. The number of methoxy groups -OCH3 is 1. The van der Waals surface area contributed by atoms with Gasteiger partial charge in [-0.3, -0.25) is 4.79 Å². The van der Waals surface area contributed by atoms with E-state index in [1.165, 1.54) is 39.1 Å². The predicted octanol–water partition coefficient (Wildman–Crippen LogP) is 1.81. The molecule has 19 heavy (non-hydrogen) atoms. The van der Waals surface area contributed by atoms with E-state index in [4.69, 9.17) is 0 Å².